The third-order valence-electron chi connectivity index (χ3n) is 4.70. The smallest absolute Gasteiger partial charge is 0.308 e. The molecule has 10 nitrogen and oxygen atoms in total. The van der Waals surface area contributed by atoms with Gasteiger partial charge in [0.25, 0.3) is 11.5 Å². The highest BCUT2D eigenvalue weighted by atomic mass is 19.1. The molecule has 3 rings (SSSR count). The number of halogens is 1. The lowest BCUT2D eigenvalue weighted by molar-refractivity contribution is -0.387. The van der Waals surface area contributed by atoms with E-state index in [9.17, 15) is 28.9 Å². The number of amides is 1. The number of nitrogens with zero attached hydrogens (tertiary/aromatic N) is 3. The first kappa shape index (κ1) is 22.5. The van der Waals surface area contributed by atoms with Gasteiger partial charge in [0.2, 0.25) is 5.82 Å². The van der Waals surface area contributed by atoms with Crippen LogP contribution in [-0.4, -0.2) is 32.5 Å². The molecule has 0 saturated heterocycles. The van der Waals surface area contributed by atoms with Crippen molar-refractivity contribution in [2.75, 3.05) is 5.32 Å². The van der Waals surface area contributed by atoms with Crippen LogP contribution < -0.4 is 10.9 Å². The third kappa shape index (κ3) is 4.94. The maximum absolute atomic E-state index is 13.4. The molecule has 0 spiro atoms. The second-order valence-corrected chi connectivity index (χ2v) is 7.01. The molecule has 0 aliphatic heterocycles. The number of nitrogens with one attached hydrogen (secondary N) is 1. The van der Waals surface area contributed by atoms with E-state index in [4.69, 9.17) is 4.74 Å². The standard InChI is InChI=1S/C21H19FN4O6/c1-12-4-3-5-15-19(12)23-11-25(21(15)29)9-8-18(27)32-13(2)20(28)24-14-6-7-16(22)17(10-14)26(30)31/h3-7,10-11,13H,8-9H2,1-2H3,(H,24,28). The van der Waals surface area contributed by atoms with Gasteiger partial charge in [0.15, 0.2) is 6.10 Å². The van der Waals surface area contributed by atoms with E-state index in [1.165, 1.54) is 17.8 Å². The van der Waals surface area contributed by atoms with Gasteiger partial charge in [0.1, 0.15) is 0 Å². The number of rotatable bonds is 7. The lowest BCUT2D eigenvalue weighted by Gasteiger charge is -2.14. The van der Waals surface area contributed by atoms with Gasteiger partial charge in [-0.3, -0.25) is 29.1 Å². The Morgan fingerprint density at radius 2 is 2.06 bits per heavy atom. The summed E-state index contributed by atoms with van der Waals surface area (Å²) in [5.74, 6) is -2.52. The lowest BCUT2D eigenvalue weighted by Crippen LogP contribution is -2.30. The van der Waals surface area contributed by atoms with Gasteiger partial charge in [-0.1, -0.05) is 12.1 Å². The van der Waals surface area contributed by atoms with E-state index in [1.54, 1.807) is 12.1 Å². The SMILES string of the molecule is Cc1cccc2c(=O)n(CCC(=O)OC(C)C(=O)Nc3ccc(F)c([N+](=O)[O-])c3)cnc12. The minimum absolute atomic E-state index is 0.00699. The van der Waals surface area contributed by atoms with Crippen molar-refractivity contribution < 1.29 is 23.6 Å². The predicted molar refractivity (Wildman–Crippen MR) is 113 cm³/mol. The molecule has 0 bridgehead atoms. The van der Waals surface area contributed by atoms with E-state index in [0.717, 1.165) is 23.8 Å². The van der Waals surface area contributed by atoms with Crippen LogP contribution in [0, 0.1) is 22.9 Å². The summed E-state index contributed by atoms with van der Waals surface area (Å²) in [6.07, 6.45) is -0.0538. The first-order chi connectivity index (χ1) is 15.2. The molecular formula is C21H19FN4O6. The molecule has 0 aliphatic carbocycles. The van der Waals surface area contributed by atoms with Crippen molar-refractivity contribution in [3.05, 3.63) is 74.6 Å². The van der Waals surface area contributed by atoms with Crippen molar-refractivity contribution in [1.82, 2.24) is 9.55 Å². The molecule has 1 N–H and O–H groups in total. The highest BCUT2D eigenvalue weighted by Gasteiger charge is 2.20. The Morgan fingerprint density at radius 3 is 2.78 bits per heavy atom. The highest BCUT2D eigenvalue weighted by Crippen LogP contribution is 2.21. The molecule has 0 fully saturated rings. The number of hydrogen-bond donors (Lipinski definition) is 1. The van der Waals surface area contributed by atoms with Crippen LogP contribution >= 0.6 is 0 Å². The van der Waals surface area contributed by atoms with Gasteiger partial charge in [-0.25, -0.2) is 4.98 Å². The van der Waals surface area contributed by atoms with Crippen LogP contribution in [-0.2, 0) is 20.9 Å². The number of esters is 1. The number of fused-ring (bicyclic) bond motifs is 1. The Morgan fingerprint density at radius 1 is 1.31 bits per heavy atom. The molecule has 2 aromatic carbocycles. The Balaban J connectivity index is 1.59. The molecule has 11 heteroatoms. The molecule has 1 atom stereocenters. The molecule has 1 amide bonds. The average molecular weight is 442 g/mol. The summed E-state index contributed by atoms with van der Waals surface area (Å²) < 4.78 is 19.7. The van der Waals surface area contributed by atoms with Crippen LogP contribution in [0.4, 0.5) is 15.8 Å². The quantitative estimate of drug-likeness (QED) is 0.338. The zero-order valence-corrected chi connectivity index (χ0v) is 17.2. The Labute approximate surface area is 180 Å². The predicted octanol–water partition coefficient (Wildman–Crippen LogP) is 2.71. The summed E-state index contributed by atoms with van der Waals surface area (Å²) in [6, 6.07) is 8.10. The number of ether oxygens (including phenoxy) is 1. The number of nitro groups is 1. The van der Waals surface area contributed by atoms with Crippen molar-refractivity contribution in [3.8, 4) is 0 Å². The van der Waals surface area contributed by atoms with Gasteiger partial charge in [0.05, 0.1) is 28.6 Å². The molecule has 0 aliphatic rings. The number of benzene rings is 2. The fourth-order valence-electron chi connectivity index (χ4n) is 2.99. The summed E-state index contributed by atoms with van der Waals surface area (Å²) in [5, 5.41) is 13.6. The highest BCUT2D eigenvalue weighted by molar-refractivity contribution is 5.95. The molecule has 1 unspecified atom stereocenters. The molecule has 166 valence electrons. The van der Waals surface area contributed by atoms with E-state index < -0.39 is 34.4 Å². The van der Waals surface area contributed by atoms with Crippen LogP contribution in [0.2, 0.25) is 0 Å². The van der Waals surface area contributed by atoms with Gasteiger partial charge >= 0.3 is 11.7 Å². The van der Waals surface area contributed by atoms with E-state index in [-0.39, 0.29) is 24.2 Å². The number of aryl methyl sites for hydroxylation is 2. The summed E-state index contributed by atoms with van der Waals surface area (Å²) in [4.78, 5) is 51.0. The minimum atomic E-state index is -1.22. The van der Waals surface area contributed by atoms with Crippen molar-refractivity contribution in [2.24, 2.45) is 0 Å². The summed E-state index contributed by atoms with van der Waals surface area (Å²) >= 11 is 0. The van der Waals surface area contributed by atoms with Crippen LogP contribution in [0.3, 0.4) is 0 Å². The number of carbonyl (C=O) groups is 2. The monoisotopic (exact) mass is 442 g/mol. The second-order valence-electron chi connectivity index (χ2n) is 7.01. The fraction of sp³-hybridized carbons (Fsp3) is 0.238. The van der Waals surface area contributed by atoms with Crippen molar-refractivity contribution in [1.29, 1.82) is 0 Å². The maximum Gasteiger partial charge on any atom is 0.308 e. The molecule has 1 aromatic heterocycles. The molecular weight excluding hydrogens is 423 g/mol. The van der Waals surface area contributed by atoms with Gasteiger partial charge in [-0.15, -0.1) is 0 Å². The zero-order valence-electron chi connectivity index (χ0n) is 17.2. The average Bonchev–Trinajstić information content (AvgIpc) is 2.75. The number of nitro benzene ring substituents is 1. The van der Waals surface area contributed by atoms with Crippen LogP contribution in [0.15, 0.2) is 47.5 Å². The normalized spacial score (nSPS) is 11.7. The van der Waals surface area contributed by atoms with Gasteiger partial charge < -0.3 is 10.1 Å². The van der Waals surface area contributed by atoms with Crippen molar-refractivity contribution in [3.63, 3.8) is 0 Å². The molecule has 0 saturated carbocycles. The molecule has 0 radical (unpaired) electrons. The molecule has 32 heavy (non-hydrogen) atoms. The fourth-order valence-corrected chi connectivity index (χ4v) is 2.99. The Kier molecular flexibility index (Phi) is 6.57. The maximum atomic E-state index is 13.4. The second kappa shape index (κ2) is 9.33. The van der Waals surface area contributed by atoms with E-state index in [1.807, 2.05) is 13.0 Å². The van der Waals surface area contributed by atoms with Gasteiger partial charge in [-0.2, -0.15) is 4.39 Å². The summed E-state index contributed by atoms with van der Waals surface area (Å²) in [5.41, 5.74) is 0.336. The lowest BCUT2D eigenvalue weighted by atomic mass is 10.1. The number of para-hydroxylation sites is 1. The van der Waals surface area contributed by atoms with Gasteiger partial charge in [-0.05, 0) is 37.6 Å². The van der Waals surface area contributed by atoms with Gasteiger partial charge in [0, 0.05) is 18.3 Å². The van der Waals surface area contributed by atoms with E-state index in [0.29, 0.717) is 10.9 Å². The topological polar surface area (TPSA) is 133 Å². The number of carbonyl (C=O) groups excluding carboxylic acids is 2. The van der Waals surface area contributed by atoms with Crippen molar-refractivity contribution in [2.45, 2.75) is 32.9 Å². The third-order valence-corrected chi connectivity index (χ3v) is 4.70. The van der Waals surface area contributed by atoms with E-state index in [2.05, 4.69) is 10.3 Å². The number of anilines is 1. The number of aromatic nitrogens is 2. The first-order valence-corrected chi connectivity index (χ1v) is 9.56. The van der Waals surface area contributed by atoms with Crippen LogP contribution in [0.1, 0.15) is 18.9 Å². The molecule has 1 heterocycles. The van der Waals surface area contributed by atoms with Crippen LogP contribution in [0.5, 0.6) is 0 Å². The zero-order chi connectivity index (χ0) is 23.4. The van der Waals surface area contributed by atoms with Crippen molar-refractivity contribution >= 4 is 34.2 Å². The largest absolute Gasteiger partial charge is 0.452 e. The number of hydrogen-bond acceptors (Lipinski definition) is 7. The van der Waals surface area contributed by atoms with E-state index >= 15 is 0 Å². The molecule has 3 aromatic rings. The summed E-state index contributed by atoms with van der Waals surface area (Å²) in [7, 11) is 0. The first-order valence-electron chi connectivity index (χ1n) is 9.56. The Bertz CT molecular complexity index is 1270. The summed E-state index contributed by atoms with van der Waals surface area (Å²) in [6.45, 7) is 3.16. The van der Waals surface area contributed by atoms with Crippen LogP contribution in [0.25, 0.3) is 10.9 Å². The minimum Gasteiger partial charge on any atom is -0.452 e. The Hall–Kier alpha value is -4.15.